The number of fused-ring (bicyclic) bond motifs is 1. The highest BCUT2D eigenvalue weighted by Crippen LogP contribution is 2.31. The Morgan fingerprint density at radius 2 is 2.11 bits per heavy atom. The second-order valence-electron chi connectivity index (χ2n) is 6.03. The van der Waals surface area contributed by atoms with E-state index in [1.807, 2.05) is 0 Å². The number of nitrogens with one attached hydrogen (secondary N) is 1. The second kappa shape index (κ2) is 4.93. The summed E-state index contributed by atoms with van der Waals surface area (Å²) >= 11 is 0. The van der Waals surface area contributed by atoms with Gasteiger partial charge >= 0.3 is 0 Å². The highest BCUT2D eigenvalue weighted by atomic mass is 15.1. The summed E-state index contributed by atoms with van der Waals surface area (Å²) in [6, 6.07) is 6.83. The van der Waals surface area contributed by atoms with Crippen LogP contribution in [0.4, 0.5) is 5.69 Å². The Morgan fingerprint density at radius 3 is 2.94 bits per heavy atom. The van der Waals surface area contributed by atoms with Gasteiger partial charge in [-0.05, 0) is 48.4 Å². The van der Waals surface area contributed by atoms with Crippen molar-refractivity contribution in [3.8, 4) is 0 Å². The predicted molar refractivity (Wildman–Crippen MR) is 77.0 cm³/mol. The Kier molecular flexibility index (Phi) is 3.29. The van der Waals surface area contributed by atoms with Crippen LogP contribution in [-0.4, -0.2) is 19.6 Å². The molecule has 0 aromatic heterocycles. The minimum absolute atomic E-state index is 0.816. The van der Waals surface area contributed by atoms with Crippen LogP contribution < -0.4 is 10.2 Å². The molecule has 2 aliphatic rings. The average molecular weight is 244 g/mol. The number of piperidine rings is 1. The van der Waals surface area contributed by atoms with Crippen molar-refractivity contribution < 1.29 is 0 Å². The van der Waals surface area contributed by atoms with Crippen LogP contribution in [0.25, 0.3) is 0 Å². The van der Waals surface area contributed by atoms with Crippen LogP contribution in [0.3, 0.4) is 0 Å². The molecule has 1 saturated heterocycles. The molecule has 18 heavy (non-hydrogen) atoms. The van der Waals surface area contributed by atoms with E-state index in [9.17, 15) is 0 Å². The van der Waals surface area contributed by atoms with Crippen molar-refractivity contribution in [2.75, 3.05) is 24.5 Å². The highest BCUT2D eigenvalue weighted by molar-refractivity contribution is 5.58. The zero-order chi connectivity index (χ0) is 12.5. The Hall–Kier alpha value is -1.02. The second-order valence-corrected chi connectivity index (χ2v) is 6.03. The lowest BCUT2D eigenvalue weighted by Gasteiger charge is -2.38. The van der Waals surface area contributed by atoms with Crippen LogP contribution in [0.2, 0.25) is 0 Å². The lowest BCUT2D eigenvalue weighted by molar-refractivity contribution is 0.323. The molecule has 2 heterocycles. The molecule has 98 valence electrons. The van der Waals surface area contributed by atoms with Crippen molar-refractivity contribution in [2.45, 2.75) is 33.2 Å². The van der Waals surface area contributed by atoms with Crippen molar-refractivity contribution >= 4 is 5.69 Å². The first-order valence-electron chi connectivity index (χ1n) is 7.32. The van der Waals surface area contributed by atoms with Gasteiger partial charge in [0.05, 0.1) is 0 Å². The first kappa shape index (κ1) is 12.0. The van der Waals surface area contributed by atoms with Crippen molar-refractivity contribution in [3.05, 3.63) is 29.3 Å². The molecule has 0 radical (unpaired) electrons. The fraction of sp³-hybridized carbons (Fsp3) is 0.625. The molecule has 2 nitrogen and oxygen atoms in total. The van der Waals surface area contributed by atoms with Crippen LogP contribution in [0.5, 0.6) is 0 Å². The van der Waals surface area contributed by atoms with E-state index in [1.54, 1.807) is 5.56 Å². The third kappa shape index (κ3) is 2.14. The maximum atomic E-state index is 3.47. The first-order valence-corrected chi connectivity index (χ1v) is 7.32. The molecule has 3 rings (SSSR count). The number of anilines is 1. The van der Waals surface area contributed by atoms with Gasteiger partial charge < -0.3 is 10.2 Å². The van der Waals surface area contributed by atoms with Gasteiger partial charge in [0.2, 0.25) is 0 Å². The van der Waals surface area contributed by atoms with E-state index < -0.39 is 0 Å². The minimum Gasteiger partial charge on any atom is -0.371 e. The Bertz CT molecular complexity index is 427. The zero-order valence-electron chi connectivity index (χ0n) is 11.6. The SMILES string of the molecule is CC1CCN(c2cccc3c2CCNC3)CC1C. The van der Waals surface area contributed by atoms with Crippen LogP contribution in [0.15, 0.2) is 18.2 Å². The van der Waals surface area contributed by atoms with Crippen molar-refractivity contribution in [2.24, 2.45) is 11.8 Å². The Morgan fingerprint density at radius 1 is 1.22 bits per heavy atom. The highest BCUT2D eigenvalue weighted by Gasteiger charge is 2.25. The van der Waals surface area contributed by atoms with Gasteiger partial charge in [0.25, 0.3) is 0 Å². The molecule has 2 unspecified atom stereocenters. The minimum atomic E-state index is 0.816. The van der Waals surface area contributed by atoms with Gasteiger partial charge in [0, 0.05) is 25.3 Å². The molecule has 1 N–H and O–H groups in total. The molecule has 1 fully saturated rings. The standard InChI is InChI=1S/C16H24N2/c1-12-7-9-18(11-13(12)2)16-5-3-4-14-10-17-8-6-15(14)16/h3-5,12-13,17H,6-11H2,1-2H3. The molecule has 0 spiro atoms. The summed E-state index contributed by atoms with van der Waals surface area (Å²) in [6.07, 6.45) is 2.52. The zero-order valence-corrected chi connectivity index (χ0v) is 11.6. The van der Waals surface area contributed by atoms with E-state index in [1.165, 1.54) is 37.2 Å². The third-order valence-electron chi connectivity index (χ3n) is 4.79. The molecule has 1 aromatic carbocycles. The molecule has 0 bridgehead atoms. The average Bonchev–Trinajstić information content (AvgIpc) is 2.41. The summed E-state index contributed by atoms with van der Waals surface area (Å²) in [6.45, 7) is 9.42. The van der Waals surface area contributed by atoms with Gasteiger partial charge in [-0.15, -0.1) is 0 Å². The van der Waals surface area contributed by atoms with E-state index in [4.69, 9.17) is 0 Å². The van der Waals surface area contributed by atoms with E-state index in [0.717, 1.165) is 24.9 Å². The molecule has 2 atom stereocenters. The van der Waals surface area contributed by atoms with Crippen molar-refractivity contribution in [1.29, 1.82) is 0 Å². The summed E-state index contributed by atoms with van der Waals surface area (Å²) in [5.74, 6) is 1.69. The lowest BCUT2D eigenvalue weighted by atomic mass is 9.87. The fourth-order valence-corrected chi connectivity index (χ4v) is 3.29. The predicted octanol–water partition coefficient (Wildman–Crippen LogP) is 2.81. The first-order chi connectivity index (χ1) is 8.75. The summed E-state index contributed by atoms with van der Waals surface area (Å²) in [5.41, 5.74) is 4.61. The van der Waals surface area contributed by atoms with Crippen molar-refractivity contribution in [1.82, 2.24) is 5.32 Å². The normalized spacial score (nSPS) is 28.0. The quantitative estimate of drug-likeness (QED) is 0.817. The topological polar surface area (TPSA) is 15.3 Å². The third-order valence-corrected chi connectivity index (χ3v) is 4.79. The van der Waals surface area contributed by atoms with Crippen LogP contribution in [0.1, 0.15) is 31.4 Å². The van der Waals surface area contributed by atoms with Gasteiger partial charge in [-0.1, -0.05) is 26.0 Å². The molecule has 0 saturated carbocycles. The molecule has 0 aliphatic carbocycles. The van der Waals surface area contributed by atoms with Gasteiger partial charge in [-0.25, -0.2) is 0 Å². The monoisotopic (exact) mass is 244 g/mol. The molecule has 2 aliphatic heterocycles. The molecule has 2 heteroatoms. The van der Waals surface area contributed by atoms with Gasteiger partial charge in [-0.3, -0.25) is 0 Å². The summed E-state index contributed by atoms with van der Waals surface area (Å²) in [5, 5.41) is 3.47. The maximum absolute atomic E-state index is 3.47. The summed E-state index contributed by atoms with van der Waals surface area (Å²) < 4.78 is 0. The van der Waals surface area contributed by atoms with Gasteiger partial charge in [-0.2, -0.15) is 0 Å². The lowest BCUT2D eigenvalue weighted by Crippen LogP contribution is -2.39. The molecule has 1 aromatic rings. The van der Waals surface area contributed by atoms with E-state index in [0.29, 0.717) is 0 Å². The smallest absolute Gasteiger partial charge is 0.0402 e. The summed E-state index contributed by atoms with van der Waals surface area (Å²) in [7, 11) is 0. The Labute approximate surface area is 110 Å². The van der Waals surface area contributed by atoms with Crippen LogP contribution in [0, 0.1) is 11.8 Å². The summed E-state index contributed by atoms with van der Waals surface area (Å²) in [4.78, 5) is 2.62. The molecular weight excluding hydrogens is 220 g/mol. The van der Waals surface area contributed by atoms with Gasteiger partial charge in [0.1, 0.15) is 0 Å². The maximum Gasteiger partial charge on any atom is 0.0402 e. The Balaban J connectivity index is 1.88. The number of hydrogen-bond donors (Lipinski definition) is 1. The number of hydrogen-bond acceptors (Lipinski definition) is 2. The van der Waals surface area contributed by atoms with Crippen molar-refractivity contribution in [3.63, 3.8) is 0 Å². The van der Waals surface area contributed by atoms with E-state index >= 15 is 0 Å². The largest absolute Gasteiger partial charge is 0.371 e. The number of benzene rings is 1. The van der Waals surface area contributed by atoms with E-state index in [2.05, 4.69) is 42.3 Å². The number of nitrogens with zero attached hydrogens (tertiary/aromatic N) is 1. The fourth-order valence-electron chi connectivity index (χ4n) is 3.29. The van der Waals surface area contributed by atoms with Gasteiger partial charge in [0.15, 0.2) is 0 Å². The number of rotatable bonds is 1. The van der Waals surface area contributed by atoms with Crippen LogP contribution >= 0.6 is 0 Å². The molecular formula is C16H24N2. The van der Waals surface area contributed by atoms with Crippen LogP contribution in [-0.2, 0) is 13.0 Å². The van der Waals surface area contributed by atoms with E-state index in [-0.39, 0.29) is 0 Å². The molecule has 0 amide bonds.